The lowest BCUT2D eigenvalue weighted by molar-refractivity contribution is 0.394. The summed E-state index contributed by atoms with van der Waals surface area (Å²) in [4.78, 5) is 6.79. The second-order valence-electron chi connectivity index (χ2n) is 4.87. The van der Waals surface area contributed by atoms with E-state index in [4.69, 9.17) is 5.84 Å². The number of hydrogen-bond donors (Lipinski definition) is 3. The van der Waals surface area contributed by atoms with Gasteiger partial charge in [-0.2, -0.15) is 4.98 Å². The number of hydrogen-bond acceptors (Lipinski definition) is 7. The van der Waals surface area contributed by atoms with Crippen LogP contribution in [0.3, 0.4) is 0 Å². The Kier molecular flexibility index (Phi) is 5.17. The summed E-state index contributed by atoms with van der Waals surface area (Å²) in [5, 5.41) is 1.83. The average molecular weight is 332 g/mol. The molecule has 2 aromatic heterocycles. The third kappa shape index (κ3) is 3.71. The number of aromatic nitrogens is 2. The van der Waals surface area contributed by atoms with Crippen LogP contribution in [0.5, 0.6) is 0 Å². The summed E-state index contributed by atoms with van der Waals surface area (Å²) in [5.41, 5.74) is 2.34. The molecule has 10 heteroatoms. The highest BCUT2D eigenvalue weighted by atomic mass is 32.2. The Labute approximate surface area is 128 Å². The monoisotopic (exact) mass is 332 g/mol. The van der Waals surface area contributed by atoms with Crippen LogP contribution in [0.2, 0.25) is 0 Å². The number of nitrogen functional groups attached to an aromatic ring is 1. The number of imidazole rings is 1. The van der Waals surface area contributed by atoms with Gasteiger partial charge in [-0.05, 0) is 33.5 Å². The molecule has 2 heterocycles. The SMILES string of the molecule is CN(C)CCCCNS(=O)(=O)c1c(NN)nc2sccn12. The lowest BCUT2D eigenvalue weighted by atomic mass is 10.3. The zero-order valence-corrected chi connectivity index (χ0v) is 13.7. The molecule has 0 bridgehead atoms. The van der Waals surface area contributed by atoms with Crippen LogP contribution in [-0.4, -0.2) is 49.9 Å². The van der Waals surface area contributed by atoms with Crippen LogP contribution in [0.4, 0.5) is 5.82 Å². The summed E-state index contributed by atoms with van der Waals surface area (Å²) in [6.45, 7) is 1.32. The van der Waals surface area contributed by atoms with Crippen LogP contribution in [0.25, 0.3) is 4.96 Å². The van der Waals surface area contributed by atoms with Gasteiger partial charge in [0.25, 0.3) is 10.0 Å². The van der Waals surface area contributed by atoms with Crippen LogP contribution < -0.4 is 16.0 Å². The number of nitrogens with zero attached hydrogens (tertiary/aromatic N) is 3. The van der Waals surface area contributed by atoms with E-state index in [2.05, 4.69) is 20.0 Å². The molecule has 0 aliphatic heterocycles. The van der Waals surface area contributed by atoms with E-state index < -0.39 is 10.0 Å². The van der Waals surface area contributed by atoms with Crippen LogP contribution in [0.1, 0.15) is 12.8 Å². The Hall–Kier alpha value is -1.20. The van der Waals surface area contributed by atoms with Gasteiger partial charge < -0.3 is 10.3 Å². The second-order valence-corrected chi connectivity index (χ2v) is 7.43. The maximum atomic E-state index is 12.4. The molecule has 0 radical (unpaired) electrons. The number of anilines is 1. The van der Waals surface area contributed by atoms with Gasteiger partial charge in [0.1, 0.15) is 0 Å². The van der Waals surface area contributed by atoms with E-state index in [0.717, 1.165) is 19.4 Å². The Morgan fingerprint density at radius 2 is 2.19 bits per heavy atom. The fourth-order valence-corrected chi connectivity index (χ4v) is 4.03. The molecule has 0 unspecified atom stereocenters. The molecule has 0 amide bonds. The van der Waals surface area contributed by atoms with E-state index >= 15 is 0 Å². The van der Waals surface area contributed by atoms with Gasteiger partial charge >= 0.3 is 0 Å². The molecule has 0 spiro atoms. The minimum Gasteiger partial charge on any atom is -0.309 e. The molecule has 0 saturated heterocycles. The van der Waals surface area contributed by atoms with E-state index in [1.54, 1.807) is 11.6 Å². The molecule has 4 N–H and O–H groups in total. The fourth-order valence-electron chi connectivity index (χ4n) is 1.94. The summed E-state index contributed by atoms with van der Waals surface area (Å²) < 4.78 is 28.9. The number of nitrogens with two attached hydrogens (primary N) is 1. The Balaban J connectivity index is 2.09. The van der Waals surface area contributed by atoms with Crippen molar-refractivity contribution in [1.82, 2.24) is 19.0 Å². The minimum atomic E-state index is -3.66. The largest absolute Gasteiger partial charge is 0.309 e. The Bertz CT molecular complexity index is 691. The maximum absolute atomic E-state index is 12.4. The number of nitrogens with one attached hydrogen (secondary N) is 2. The summed E-state index contributed by atoms with van der Waals surface area (Å²) in [6, 6.07) is 0. The first kappa shape index (κ1) is 16.2. The van der Waals surface area contributed by atoms with Gasteiger partial charge in [0, 0.05) is 18.1 Å². The van der Waals surface area contributed by atoms with Crippen LogP contribution in [-0.2, 0) is 10.0 Å². The predicted octanol–water partition coefficient (Wildman–Crippen LogP) is 0.302. The molecule has 0 fully saturated rings. The summed E-state index contributed by atoms with van der Waals surface area (Å²) in [7, 11) is 0.322. The molecule has 118 valence electrons. The first-order chi connectivity index (χ1) is 9.95. The van der Waals surface area contributed by atoms with Crippen molar-refractivity contribution in [2.75, 3.05) is 32.6 Å². The molecular formula is C11H20N6O2S2. The molecule has 0 aromatic carbocycles. The highest BCUT2D eigenvalue weighted by Crippen LogP contribution is 2.24. The third-order valence-corrected chi connectivity index (χ3v) is 5.17. The standard InChI is InChI=1S/C11H20N6O2S2/c1-16(2)6-4-3-5-13-21(18,19)10-9(15-12)14-11-17(10)7-8-20-11/h7-8,13,15H,3-6,12H2,1-2H3. The van der Waals surface area contributed by atoms with Gasteiger partial charge in [-0.3, -0.25) is 4.40 Å². The first-order valence-corrected chi connectivity index (χ1v) is 8.88. The van der Waals surface area contributed by atoms with Crippen molar-refractivity contribution < 1.29 is 8.42 Å². The molecule has 0 saturated carbocycles. The average Bonchev–Trinajstić information content (AvgIpc) is 2.96. The smallest absolute Gasteiger partial charge is 0.260 e. The highest BCUT2D eigenvalue weighted by Gasteiger charge is 2.25. The lowest BCUT2D eigenvalue weighted by Crippen LogP contribution is -2.27. The fraction of sp³-hybridized carbons (Fsp3) is 0.545. The van der Waals surface area contributed by atoms with Crippen LogP contribution in [0.15, 0.2) is 16.6 Å². The summed E-state index contributed by atoms with van der Waals surface area (Å²) >= 11 is 1.35. The zero-order chi connectivity index (χ0) is 15.5. The van der Waals surface area contributed by atoms with Crippen molar-refractivity contribution in [3.05, 3.63) is 11.6 Å². The predicted molar refractivity (Wildman–Crippen MR) is 83.9 cm³/mol. The van der Waals surface area contributed by atoms with Gasteiger partial charge in [0.15, 0.2) is 10.8 Å². The van der Waals surface area contributed by atoms with Crippen molar-refractivity contribution in [2.45, 2.75) is 17.9 Å². The topological polar surface area (TPSA) is 105 Å². The van der Waals surface area contributed by atoms with Crippen molar-refractivity contribution in [2.24, 2.45) is 5.84 Å². The van der Waals surface area contributed by atoms with Gasteiger partial charge in [-0.25, -0.2) is 19.0 Å². The number of rotatable bonds is 8. The van der Waals surface area contributed by atoms with Crippen molar-refractivity contribution in [1.29, 1.82) is 0 Å². The van der Waals surface area contributed by atoms with Crippen molar-refractivity contribution in [3.8, 4) is 0 Å². The van der Waals surface area contributed by atoms with Gasteiger partial charge in [-0.15, -0.1) is 11.3 Å². The third-order valence-electron chi connectivity index (χ3n) is 2.93. The summed E-state index contributed by atoms with van der Waals surface area (Å²) in [5.74, 6) is 5.52. The molecule has 2 rings (SSSR count). The number of hydrazine groups is 1. The van der Waals surface area contributed by atoms with Crippen molar-refractivity contribution in [3.63, 3.8) is 0 Å². The highest BCUT2D eigenvalue weighted by molar-refractivity contribution is 7.89. The van der Waals surface area contributed by atoms with Crippen LogP contribution >= 0.6 is 11.3 Å². The van der Waals surface area contributed by atoms with E-state index in [1.807, 2.05) is 14.1 Å². The number of fused-ring (bicyclic) bond motifs is 1. The number of thiazole rings is 1. The normalized spacial score (nSPS) is 12.4. The number of unbranched alkanes of at least 4 members (excludes halogenated alkanes) is 1. The Morgan fingerprint density at radius 3 is 2.86 bits per heavy atom. The van der Waals surface area contributed by atoms with Gasteiger partial charge in [0.2, 0.25) is 5.03 Å². The van der Waals surface area contributed by atoms with Crippen LogP contribution in [0, 0.1) is 0 Å². The molecule has 8 nitrogen and oxygen atoms in total. The summed E-state index contributed by atoms with van der Waals surface area (Å²) in [6.07, 6.45) is 3.36. The van der Waals surface area contributed by atoms with Crippen molar-refractivity contribution >= 4 is 32.1 Å². The molecule has 0 aliphatic rings. The molecule has 21 heavy (non-hydrogen) atoms. The maximum Gasteiger partial charge on any atom is 0.260 e. The van der Waals surface area contributed by atoms with E-state index in [0.29, 0.717) is 11.5 Å². The molecule has 0 atom stereocenters. The molecular weight excluding hydrogens is 312 g/mol. The van der Waals surface area contributed by atoms with E-state index in [9.17, 15) is 8.42 Å². The first-order valence-electron chi connectivity index (χ1n) is 6.52. The number of sulfonamides is 1. The minimum absolute atomic E-state index is 0.0499. The zero-order valence-electron chi connectivity index (χ0n) is 12.0. The Morgan fingerprint density at radius 1 is 1.43 bits per heavy atom. The van der Waals surface area contributed by atoms with E-state index in [-0.39, 0.29) is 10.8 Å². The van der Waals surface area contributed by atoms with Gasteiger partial charge in [0.05, 0.1) is 0 Å². The van der Waals surface area contributed by atoms with Gasteiger partial charge in [-0.1, -0.05) is 0 Å². The van der Waals surface area contributed by atoms with E-state index in [1.165, 1.54) is 15.7 Å². The lowest BCUT2D eigenvalue weighted by Gasteiger charge is -2.10. The molecule has 0 aliphatic carbocycles. The molecule has 2 aromatic rings. The quantitative estimate of drug-likeness (QED) is 0.365. The second kappa shape index (κ2) is 6.71.